The third-order valence-electron chi connectivity index (χ3n) is 5.07. The predicted molar refractivity (Wildman–Crippen MR) is 105 cm³/mol. The largest absolute Gasteiger partial charge is 0.507 e. The SMILES string of the molecule is O=C(NC[C@H]1CCN(c2ccccc2)C1)c1cc2ccccc2cc1O. The van der Waals surface area contributed by atoms with Gasteiger partial charge in [-0.3, -0.25) is 4.79 Å². The van der Waals surface area contributed by atoms with Gasteiger partial charge in [0.05, 0.1) is 5.56 Å². The lowest BCUT2D eigenvalue weighted by Gasteiger charge is -2.18. The van der Waals surface area contributed by atoms with Gasteiger partial charge in [-0.2, -0.15) is 0 Å². The van der Waals surface area contributed by atoms with Gasteiger partial charge in [0.15, 0.2) is 0 Å². The van der Waals surface area contributed by atoms with Crippen molar-refractivity contribution in [1.82, 2.24) is 5.32 Å². The summed E-state index contributed by atoms with van der Waals surface area (Å²) >= 11 is 0. The van der Waals surface area contributed by atoms with E-state index in [0.29, 0.717) is 18.0 Å². The van der Waals surface area contributed by atoms with Crippen molar-refractivity contribution in [2.24, 2.45) is 5.92 Å². The summed E-state index contributed by atoms with van der Waals surface area (Å²) in [4.78, 5) is 14.9. The maximum absolute atomic E-state index is 12.5. The van der Waals surface area contributed by atoms with Crippen LogP contribution in [0, 0.1) is 5.92 Å². The van der Waals surface area contributed by atoms with Crippen molar-refractivity contribution in [3.8, 4) is 5.75 Å². The van der Waals surface area contributed by atoms with E-state index in [1.165, 1.54) is 5.69 Å². The Morgan fingerprint density at radius 3 is 2.50 bits per heavy atom. The molecule has 1 heterocycles. The van der Waals surface area contributed by atoms with Crippen LogP contribution in [-0.2, 0) is 0 Å². The summed E-state index contributed by atoms with van der Waals surface area (Å²) in [5.74, 6) is 0.228. The van der Waals surface area contributed by atoms with Gasteiger partial charge in [-0.25, -0.2) is 0 Å². The predicted octanol–water partition coefficient (Wildman–Crippen LogP) is 3.80. The molecule has 0 saturated carbocycles. The lowest BCUT2D eigenvalue weighted by molar-refractivity contribution is 0.0946. The molecule has 132 valence electrons. The van der Waals surface area contributed by atoms with E-state index in [2.05, 4.69) is 22.3 Å². The fourth-order valence-corrected chi connectivity index (χ4v) is 3.61. The number of hydrogen-bond donors (Lipinski definition) is 2. The van der Waals surface area contributed by atoms with Crippen LogP contribution in [-0.4, -0.2) is 30.6 Å². The van der Waals surface area contributed by atoms with Crippen LogP contribution >= 0.6 is 0 Å². The lowest BCUT2D eigenvalue weighted by atomic mass is 10.0. The highest BCUT2D eigenvalue weighted by molar-refractivity contribution is 6.01. The molecule has 0 aromatic heterocycles. The average molecular weight is 346 g/mol. The maximum Gasteiger partial charge on any atom is 0.255 e. The van der Waals surface area contributed by atoms with Crippen molar-refractivity contribution in [3.05, 3.63) is 72.3 Å². The number of fused-ring (bicyclic) bond motifs is 1. The van der Waals surface area contributed by atoms with Crippen molar-refractivity contribution >= 4 is 22.4 Å². The zero-order valence-corrected chi connectivity index (χ0v) is 14.6. The van der Waals surface area contributed by atoms with Crippen molar-refractivity contribution < 1.29 is 9.90 Å². The molecule has 1 atom stereocenters. The number of para-hydroxylation sites is 1. The first-order valence-electron chi connectivity index (χ1n) is 9.00. The highest BCUT2D eigenvalue weighted by Crippen LogP contribution is 2.26. The molecule has 3 aromatic carbocycles. The number of rotatable bonds is 4. The van der Waals surface area contributed by atoms with Crippen LogP contribution in [0.3, 0.4) is 0 Å². The first kappa shape index (κ1) is 16.5. The number of carbonyl (C=O) groups excluding carboxylic acids is 1. The number of nitrogens with zero attached hydrogens (tertiary/aromatic N) is 1. The van der Waals surface area contributed by atoms with Crippen molar-refractivity contribution in [2.45, 2.75) is 6.42 Å². The van der Waals surface area contributed by atoms with Crippen LogP contribution in [0.2, 0.25) is 0 Å². The Hall–Kier alpha value is -3.01. The molecule has 0 aliphatic carbocycles. The Morgan fingerprint density at radius 1 is 1.04 bits per heavy atom. The maximum atomic E-state index is 12.5. The fourth-order valence-electron chi connectivity index (χ4n) is 3.61. The van der Waals surface area contributed by atoms with Crippen LogP contribution in [0.15, 0.2) is 66.7 Å². The summed E-state index contributed by atoms with van der Waals surface area (Å²) in [5.41, 5.74) is 1.56. The summed E-state index contributed by atoms with van der Waals surface area (Å²) in [6.07, 6.45) is 1.05. The minimum Gasteiger partial charge on any atom is -0.507 e. The van der Waals surface area contributed by atoms with Crippen molar-refractivity contribution in [2.75, 3.05) is 24.5 Å². The first-order valence-corrected chi connectivity index (χ1v) is 9.00. The molecule has 1 aliphatic heterocycles. The minimum atomic E-state index is -0.216. The molecular weight excluding hydrogens is 324 g/mol. The smallest absolute Gasteiger partial charge is 0.255 e. The Kier molecular flexibility index (Phi) is 4.48. The molecule has 1 saturated heterocycles. The van der Waals surface area contributed by atoms with E-state index in [-0.39, 0.29) is 11.7 Å². The molecule has 0 unspecified atom stereocenters. The van der Waals surface area contributed by atoms with Gasteiger partial charge in [0, 0.05) is 25.3 Å². The second kappa shape index (κ2) is 7.08. The number of phenols is 1. The summed E-state index contributed by atoms with van der Waals surface area (Å²) in [6, 6.07) is 21.5. The molecule has 2 N–H and O–H groups in total. The number of amides is 1. The number of carbonyl (C=O) groups is 1. The highest BCUT2D eigenvalue weighted by Gasteiger charge is 2.23. The molecule has 0 radical (unpaired) electrons. The molecule has 26 heavy (non-hydrogen) atoms. The second-order valence-corrected chi connectivity index (χ2v) is 6.86. The van der Waals surface area contributed by atoms with Gasteiger partial charge in [0.25, 0.3) is 5.91 Å². The molecule has 1 aliphatic rings. The monoisotopic (exact) mass is 346 g/mol. The number of benzene rings is 3. The zero-order valence-electron chi connectivity index (χ0n) is 14.6. The van der Waals surface area contributed by atoms with Gasteiger partial charge in [0.1, 0.15) is 5.75 Å². The first-order chi connectivity index (χ1) is 12.7. The van der Waals surface area contributed by atoms with E-state index >= 15 is 0 Å². The Balaban J connectivity index is 1.39. The standard InChI is InChI=1S/C22H22N2O2/c25-21-13-18-7-5-4-6-17(18)12-20(21)22(26)23-14-16-10-11-24(15-16)19-8-2-1-3-9-19/h1-9,12-13,16,25H,10-11,14-15H2,(H,23,26)/t16-/m1/s1. The Morgan fingerprint density at radius 2 is 1.73 bits per heavy atom. The second-order valence-electron chi connectivity index (χ2n) is 6.86. The number of phenolic OH excluding ortho intramolecular Hbond substituents is 1. The minimum absolute atomic E-state index is 0.0264. The molecule has 4 heteroatoms. The average Bonchev–Trinajstić information content (AvgIpc) is 3.15. The number of anilines is 1. The molecular formula is C22H22N2O2. The van der Waals surface area contributed by atoms with E-state index in [9.17, 15) is 9.90 Å². The third kappa shape index (κ3) is 3.36. The van der Waals surface area contributed by atoms with Gasteiger partial charge < -0.3 is 15.3 Å². The van der Waals surface area contributed by atoms with E-state index in [1.54, 1.807) is 12.1 Å². The topological polar surface area (TPSA) is 52.6 Å². The Labute approximate surface area is 153 Å². The molecule has 4 rings (SSSR count). The summed E-state index contributed by atoms with van der Waals surface area (Å²) in [6.45, 7) is 2.56. The summed E-state index contributed by atoms with van der Waals surface area (Å²) < 4.78 is 0. The van der Waals surface area contributed by atoms with E-state index in [0.717, 1.165) is 30.3 Å². The Bertz CT molecular complexity index is 924. The number of nitrogens with one attached hydrogen (secondary N) is 1. The zero-order chi connectivity index (χ0) is 17.9. The van der Waals surface area contributed by atoms with Gasteiger partial charge in [-0.05, 0) is 47.4 Å². The van der Waals surface area contributed by atoms with E-state index in [1.807, 2.05) is 42.5 Å². The van der Waals surface area contributed by atoms with Crippen molar-refractivity contribution in [1.29, 1.82) is 0 Å². The van der Waals surface area contributed by atoms with Gasteiger partial charge in [-0.15, -0.1) is 0 Å². The normalized spacial score (nSPS) is 16.8. The van der Waals surface area contributed by atoms with Crippen molar-refractivity contribution in [3.63, 3.8) is 0 Å². The van der Waals surface area contributed by atoms with Crippen LogP contribution in [0.4, 0.5) is 5.69 Å². The van der Waals surface area contributed by atoms with Crippen LogP contribution in [0.25, 0.3) is 10.8 Å². The number of aromatic hydroxyl groups is 1. The van der Waals surface area contributed by atoms with E-state index < -0.39 is 0 Å². The van der Waals surface area contributed by atoms with Gasteiger partial charge >= 0.3 is 0 Å². The quantitative estimate of drug-likeness (QED) is 0.755. The molecule has 1 amide bonds. The molecule has 3 aromatic rings. The van der Waals surface area contributed by atoms with Crippen LogP contribution in [0.5, 0.6) is 5.75 Å². The molecule has 0 bridgehead atoms. The highest BCUT2D eigenvalue weighted by atomic mass is 16.3. The summed E-state index contributed by atoms with van der Waals surface area (Å²) in [5, 5.41) is 15.1. The fraction of sp³-hybridized carbons (Fsp3) is 0.227. The molecule has 4 nitrogen and oxygen atoms in total. The van der Waals surface area contributed by atoms with Crippen LogP contribution in [0.1, 0.15) is 16.8 Å². The third-order valence-corrected chi connectivity index (χ3v) is 5.07. The van der Waals surface area contributed by atoms with Crippen LogP contribution < -0.4 is 10.2 Å². The molecule has 1 fully saturated rings. The van der Waals surface area contributed by atoms with Gasteiger partial charge in [0.2, 0.25) is 0 Å². The number of hydrogen-bond acceptors (Lipinski definition) is 3. The van der Waals surface area contributed by atoms with E-state index in [4.69, 9.17) is 0 Å². The summed E-state index contributed by atoms with van der Waals surface area (Å²) in [7, 11) is 0. The molecule has 0 spiro atoms. The van der Waals surface area contributed by atoms with Gasteiger partial charge in [-0.1, -0.05) is 42.5 Å². The lowest BCUT2D eigenvalue weighted by Crippen LogP contribution is -2.31.